The van der Waals surface area contributed by atoms with E-state index in [1.807, 2.05) is 36.9 Å². The molecular formula is C21H27N3O. The second kappa shape index (κ2) is 7.70. The molecule has 1 saturated heterocycles. The van der Waals surface area contributed by atoms with Crippen LogP contribution in [-0.2, 0) is 6.54 Å². The van der Waals surface area contributed by atoms with E-state index in [2.05, 4.69) is 41.4 Å². The Morgan fingerprint density at radius 3 is 2.24 bits per heavy atom. The molecule has 1 fully saturated rings. The average molecular weight is 337 g/mol. The zero-order valence-corrected chi connectivity index (χ0v) is 15.4. The fourth-order valence-electron chi connectivity index (χ4n) is 3.38. The normalized spacial score (nSPS) is 15.2. The van der Waals surface area contributed by atoms with Crippen LogP contribution in [0.2, 0.25) is 0 Å². The Balaban J connectivity index is 1.54. The molecule has 0 spiro atoms. The Morgan fingerprint density at radius 1 is 0.960 bits per heavy atom. The number of hydrogen-bond donors (Lipinski definition) is 1. The number of carbonyl (C=O) groups is 1. The lowest BCUT2D eigenvalue weighted by Gasteiger charge is -2.35. The molecule has 0 bridgehead atoms. The molecule has 1 N–H and O–H groups in total. The molecule has 4 heteroatoms. The van der Waals surface area contributed by atoms with Gasteiger partial charge in [-0.15, -0.1) is 0 Å². The van der Waals surface area contributed by atoms with Gasteiger partial charge in [0.05, 0.1) is 0 Å². The Hall–Kier alpha value is -2.33. The Bertz CT molecular complexity index is 728. The number of nitrogens with one attached hydrogen (secondary N) is 1. The van der Waals surface area contributed by atoms with Crippen LogP contribution in [0.4, 0.5) is 10.5 Å². The predicted octanol–water partition coefficient (Wildman–Crippen LogP) is 3.96. The van der Waals surface area contributed by atoms with Crippen molar-refractivity contribution in [2.24, 2.45) is 0 Å². The Kier molecular flexibility index (Phi) is 5.39. The van der Waals surface area contributed by atoms with E-state index in [0.29, 0.717) is 0 Å². The van der Waals surface area contributed by atoms with Gasteiger partial charge >= 0.3 is 6.03 Å². The van der Waals surface area contributed by atoms with Gasteiger partial charge in [0.2, 0.25) is 0 Å². The van der Waals surface area contributed by atoms with Gasteiger partial charge in [0, 0.05) is 38.4 Å². The summed E-state index contributed by atoms with van der Waals surface area (Å²) in [6.45, 7) is 10.5. The summed E-state index contributed by atoms with van der Waals surface area (Å²) in [5.74, 6) is 0. The number of nitrogens with zero attached hydrogens (tertiary/aromatic N) is 2. The second-order valence-electron chi connectivity index (χ2n) is 6.95. The van der Waals surface area contributed by atoms with Gasteiger partial charge in [-0.05, 0) is 37.5 Å². The summed E-state index contributed by atoms with van der Waals surface area (Å²) in [6, 6.07) is 14.7. The Morgan fingerprint density at radius 2 is 1.60 bits per heavy atom. The van der Waals surface area contributed by atoms with Crippen LogP contribution >= 0.6 is 0 Å². The molecule has 0 unspecified atom stereocenters. The monoisotopic (exact) mass is 337 g/mol. The highest BCUT2D eigenvalue weighted by atomic mass is 16.2. The van der Waals surface area contributed by atoms with Crippen LogP contribution < -0.4 is 5.32 Å². The van der Waals surface area contributed by atoms with Gasteiger partial charge < -0.3 is 10.2 Å². The van der Waals surface area contributed by atoms with E-state index in [9.17, 15) is 4.79 Å². The van der Waals surface area contributed by atoms with E-state index < -0.39 is 0 Å². The van der Waals surface area contributed by atoms with E-state index in [1.54, 1.807) is 0 Å². The van der Waals surface area contributed by atoms with Crippen LogP contribution in [0.5, 0.6) is 0 Å². The molecule has 2 amide bonds. The highest BCUT2D eigenvalue weighted by molar-refractivity contribution is 5.91. The molecule has 25 heavy (non-hydrogen) atoms. The van der Waals surface area contributed by atoms with Crippen molar-refractivity contribution in [3.63, 3.8) is 0 Å². The van der Waals surface area contributed by atoms with Crippen LogP contribution in [0, 0.1) is 20.8 Å². The van der Waals surface area contributed by atoms with E-state index in [-0.39, 0.29) is 6.03 Å². The van der Waals surface area contributed by atoms with Crippen LogP contribution in [0.15, 0.2) is 42.5 Å². The molecule has 1 aliphatic heterocycles. The minimum atomic E-state index is 0.00704. The molecular weight excluding hydrogens is 310 g/mol. The SMILES string of the molecule is Cc1cccc(CN2CCN(C(=O)Nc3c(C)cccc3C)CC2)c1. The van der Waals surface area contributed by atoms with E-state index in [4.69, 9.17) is 0 Å². The fraction of sp³-hybridized carbons (Fsp3) is 0.381. The predicted molar refractivity (Wildman–Crippen MR) is 103 cm³/mol. The molecule has 3 rings (SSSR count). The highest BCUT2D eigenvalue weighted by Gasteiger charge is 2.21. The third kappa shape index (κ3) is 4.40. The molecule has 1 aliphatic rings. The lowest BCUT2D eigenvalue weighted by Crippen LogP contribution is -2.49. The largest absolute Gasteiger partial charge is 0.322 e. The average Bonchev–Trinajstić information content (AvgIpc) is 2.59. The molecule has 0 radical (unpaired) electrons. The minimum Gasteiger partial charge on any atom is -0.322 e. The van der Waals surface area contributed by atoms with E-state index in [0.717, 1.165) is 49.5 Å². The maximum atomic E-state index is 12.6. The molecule has 1 heterocycles. The standard InChI is InChI=1S/C21H27N3O/c1-16-6-4-9-19(14-16)15-23-10-12-24(13-11-23)21(25)22-20-17(2)7-5-8-18(20)3/h4-9,14H,10-13,15H2,1-3H3,(H,22,25). The summed E-state index contributed by atoms with van der Waals surface area (Å²) in [6.07, 6.45) is 0. The number of para-hydroxylation sites is 1. The summed E-state index contributed by atoms with van der Waals surface area (Å²) in [5, 5.41) is 3.09. The molecule has 0 aromatic heterocycles. The third-order valence-corrected chi connectivity index (χ3v) is 4.86. The van der Waals surface area contributed by atoms with Gasteiger partial charge in [-0.1, -0.05) is 48.0 Å². The summed E-state index contributed by atoms with van der Waals surface area (Å²) in [5.41, 5.74) is 5.78. The van der Waals surface area contributed by atoms with Crippen molar-refractivity contribution in [3.05, 3.63) is 64.7 Å². The maximum absolute atomic E-state index is 12.6. The zero-order chi connectivity index (χ0) is 17.8. The van der Waals surface area contributed by atoms with Gasteiger partial charge in [0.1, 0.15) is 0 Å². The number of piperazine rings is 1. The number of benzene rings is 2. The molecule has 2 aromatic carbocycles. The van der Waals surface area contributed by atoms with Gasteiger partial charge in [-0.2, -0.15) is 0 Å². The van der Waals surface area contributed by atoms with Gasteiger partial charge in [0.15, 0.2) is 0 Å². The molecule has 0 atom stereocenters. The van der Waals surface area contributed by atoms with Gasteiger partial charge in [-0.3, -0.25) is 4.90 Å². The zero-order valence-electron chi connectivity index (χ0n) is 15.4. The van der Waals surface area contributed by atoms with Crippen LogP contribution in [0.3, 0.4) is 0 Å². The number of amides is 2. The second-order valence-corrected chi connectivity index (χ2v) is 6.95. The van der Waals surface area contributed by atoms with Crippen molar-refractivity contribution in [1.82, 2.24) is 9.80 Å². The first kappa shape index (κ1) is 17.5. The first-order valence-electron chi connectivity index (χ1n) is 8.93. The Labute approximate surface area is 150 Å². The van der Waals surface area contributed by atoms with Gasteiger partial charge in [-0.25, -0.2) is 4.79 Å². The van der Waals surface area contributed by atoms with Crippen molar-refractivity contribution in [3.8, 4) is 0 Å². The van der Waals surface area contributed by atoms with Crippen molar-refractivity contribution in [2.75, 3.05) is 31.5 Å². The van der Waals surface area contributed by atoms with E-state index >= 15 is 0 Å². The minimum absolute atomic E-state index is 0.00704. The van der Waals surface area contributed by atoms with Gasteiger partial charge in [0.25, 0.3) is 0 Å². The molecule has 2 aromatic rings. The number of anilines is 1. The van der Waals surface area contributed by atoms with E-state index in [1.165, 1.54) is 11.1 Å². The first-order chi connectivity index (χ1) is 12.0. The lowest BCUT2D eigenvalue weighted by atomic mass is 10.1. The summed E-state index contributed by atoms with van der Waals surface area (Å²) in [4.78, 5) is 16.9. The molecule has 132 valence electrons. The summed E-state index contributed by atoms with van der Waals surface area (Å²) in [7, 11) is 0. The van der Waals surface area contributed by atoms with Crippen molar-refractivity contribution >= 4 is 11.7 Å². The number of carbonyl (C=O) groups excluding carboxylic acids is 1. The summed E-state index contributed by atoms with van der Waals surface area (Å²) < 4.78 is 0. The number of aryl methyl sites for hydroxylation is 3. The first-order valence-corrected chi connectivity index (χ1v) is 8.93. The highest BCUT2D eigenvalue weighted by Crippen LogP contribution is 2.20. The smallest absolute Gasteiger partial charge is 0.321 e. The number of rotatable bonds is 3. The number of hydrogen-bond acceptors (Lipinski definition) is 2. The summed E-state index contributed by atoms with van der Waals surface area (Å²) >= 11 is 0. The molecule has 4 nitrogen and oxygen atoms in total. The van der Waals surface area contributed by atoms with Crippen LogP contribution in [0.1, 0.15) is 22.3 Å². The maximum Gasteiger partial charge on any atom is 0.321 e. The lowest BCUT2D eigenvalue weighted by molar-refractivity contribution is 0.143. The topological polar surface area (TPSA) is 35.6 Å². The quantitative estimate of drug-likeness (QED) is 0.920. The van der Waals surface area contributed by atoms with Crippen molar-refractivity contribution < 1.29 is 4.79 Å². The number of urea groups is 1. The third-order valence-electron chi connectivity index (χ3n) is 4.86. The van der Waals surface area contributed by atoms with Crippen molar-refractivity contribution in [2.45, 2.75) is 27.3 Å². The van der Waals surface area contributed by atoms with Crippen LogP contribution in [0.25, 0.3) is 0 Å². The van der Waals surface area contributed by atoms with Crippen LogP contribution in [-0.4, -0.2) is 42.0 Å². The molecule has 0 saturated carbocycles. The van der Waals surface area contributed by atoms with Crippen molar-refractivity contribution in [1.29, 1.82) is 0 Å². The fourth-order valence-corrected chi connectivity index (χ4v) is 3.38. The molecule has 0 aliphatic carbocycles.